The predicted molar refractivity (Wildman–Crippen MR) is 64.5 cm³/mol. The zero-order valence-electron chi connectivity index (χ0n) is 10.4. The molecular formula is C15H22. The fourth-order valence-electron chi connectivity index (χ4n) is 4.62. The Morgan fingerprint density at radius 3 is 2.67 bits per heavy atom. The van der Waals surface area contributed by atoms with E-state index in [-0.39, 0.29) is 0 Å². The van der Waals surface area contributed by atoms with Gasteiger partial charge in [-0.3, -0.25) is 0 Å². The molecule has 0 heterocycles. The molecule has 0 amide bonds. The highest BCUT2D eigenvalue weighted by Crippen LogP contribution is 2.70. The van der Waals surface area contributed by atoms with Crippen LogP contribution in [0.3, 0.4) is 0 Å². The van der Waals surface area contributed by atoms with E-state index in [0.29, 0.717) is 5.41 Å². The van der Waals surface area contributed by atoms with Gasteiger partial charge in [-0.25, -0.2) is 0 Å². The van der Waals surface area contributed by atoms with E-state index < -0.39 is 0 Å². The summed E-state index contributed by atoms with van der Waals surface area (Å²) in [4.78, 5) is 0. The fourth-order valence-corrected chi connectivity index (χ4v) is 4.62. The van der Waals surface area contributed by atoms with E-state index in [2.05, 4.69) is 39.8 Å². The third-order valence-corrected chi connectivity index (χ3v) is 5.36. The van der Waals surface area contributed by atoms with Crippen LogP contribution >= 0.6 is 0 Å². The highest BCUT2D eigenvalue weighted by molar-refractivity contribution is 5.37. The molecule has 1 saturated carbocycles. The molecule has 4 bridgehead atoms. The lowest BCUT2D eigenvalue weighted by Gasteiger charge is -2.67. The van der Waals surface area contributed by atoms with Crippen LogP contribution in [-0.4, -0.2) is 0 Å². The molecule has 0 radical (unpaired) electrons. The van der Waals surface area contributed by atoms with E-state index >= 15 is 0 Å². The van der Waals surface area contributed by atoms with Gasteiger partial charge in [-0.05, 0) is 48.9 Å². The molecular weight excluding hydrogens is 180 g/mol. The second-order valence-electron chi connectivity index (χ2n) is 6.36. The first-order valence-corrected chi connectivity index (χ1v) is 6.42. The van der Waals surface area contributed by atoms with Crippen LogP contribution in [0.25, 0.3) is 0 Å². The molecule has 4 rings (SSSR count). The molecule has 0 aromatic rings. The van der Waals surface area contributed by atoms with Crippen molar-refractivity contribution < 1.29 is 0 Å². The Morgan fingerprint density at radius 1 is 1.33 bits per heavy atom. The van der Waals surface area contributed by atoms with Crippen molar-refractivity contribution in [2.75, 3.05) is 0 Å². The molecule has 0 saturated heterocycles. The molecule has 15 heavy (non-hydrogen) atoms. The Bertz CT molecular complexity index is 358. The summed E-state index contributed by atoms with van der Waals surface area (Å²) >= 11 is 0. The first kappa shape index (κ1) is 9.69. The van der Waals surface area contributed by atoms with Crippen LogP contribution in [0.1, 0.15) is 40.5 Å². The van der Waals surface area contributed by atoms with Crippen molar-refractivity contribution in [1.29, 1.82) is 0 Å². The van der Waals surface area contributed by atoms with Crippen molar-refractivity contribution in [3.8, 4) is 0 Å². The molecule has 0 aromatic carbocycles. The average Bonchev–Trinajstić information content (AvgIpc) is 2.17. The van der Waals surface area contributed by atoms with Crippen LogP contribution < -0.4 is 0 Å². The third-order valence-electron chi connectivity index (χ3n) is 5.36. The van der Waals surface area contributed by atoms with Crippen molar-refractivity contribution in [2.24, 2.45) is 29.1 Å². The van der Waals surface area contributed by atoms with E-state index in [9.17, 15) is 0 Å². The van der Waals surface area contributed by atoms with Crippen LogP contribution in [0.2, 0.25) is 0 Å². The summed E-state index contributed by atoms with van der Waals surface area (Å²) in [5.41, 5.74) is 4.07. The Balaban J connectivity index is 2.03. The molecule has 82 valence electrons. The summed E-state index contributed by atoms with van der Waals surface area (Å²) in [5.74, 6) is 3.52. The summed E-state index contributed by atoms with van der Waals surface area (Å²) in [6, 6.07) is 0. The van der Waals surface area contributed by atoms with Gasteiger partial charge in [0.1, 0.15) is 0 Å². The summed E-state index contributed by atoms with van der Waals surface area (Å²) in [6.45, 7) is 9.60. The highest BCUT2D eigenvalue weighted by atomic mass is 14.7. The van der Waals surface area contributed by atoms with Gasteiger partial charge < -0.3 is 0 Å². The van der Waals surface area contributed by atoms with Crippen molar-refractivity contribution in [2.45, 2.75) is 40.5 Å². The van der Waals surface area contributed by atoms with Gasteiger partial charge in [0, 0.05) is 0 Å². The molecule has 4 unspecified atom stereocenters. The SMILES string of the molecule is CC1=CCC2C3C(C(C)C)=CCC2(C)C13. The number of rotatable bonds is 1. The second kappa shape index (κ2) is 2.78. The number of allylic oxidation sites excluding steroid dienone is 4. The van der Waals surface area contributed by atoms with Gasteiger partial charge in [0.2, 0.25) is 0 Å². The zero-order valence-corrected chi connectivity index (χ0v) is 10.4. The van der Waals surface area contributed by atoms with E-state index in [1.165, 1.54) is 12.8 Å². The maximum Gasteiger partial charge on any atom is -0.00774 e. The van der Waals surface area contributed by atoms with Crippen molar-refractivity contribution in [3.05, 3.63) is 23.3 Å². The van der Waals surface area contributed by atoms with Gasteiger partial charge >= 0.3 is 0 Å². The maximum atomic E-state index is 2.56. The van der Waals surface area contributed by atoms with E-state index in [4.69, 9.17) is 0 Å². The van der Waals surface area contributed by atoms with Crippen LogP contribution in [0, 0.1) is 29.1 Å². The molecule has 4 aliphatic carbocycles. The van der Waals surface area contributed by atoms with Crippen LogP contribution in [0.15, 0.2) is 23.3 Å². The lowest BCUT2D eigenvalue weighted by atomic mass is 9.37. The summed E-state index contributed by atoms with van der Waals surface area (Å²) in [5, 5.41) is 0. The monoisotopic (exact) mass is 202 g/mol. The van der Waals surface area contributed by atoms with Crippen LogP contribution in [-0.2, 0) is 0 Å². The Kier molecular flexibility index (Phi) is 1.80. The Hall–Kier alpha value is -0.520. The fraction of sp³-hybridized carbons (Fsp3) is 0.733. The van der Waals surface area contributed by atoms with Crippen molar-refractivity contribution in [1.82, 2.24) is 0 Å². The lowest BCUT2D eigenvalue weighted by Crippen LogP contribution is -2.60. The molecule has 0 aliphatic heterocycles. The highest BCUT2D eigenvalue weighted by Gasteiger charge is 2.62. The Labute approximate surface area is 93.5 Å². The van der Waals surface area contributed by atoms with Crippen molar-refractivity contribution >= 4 is 0 Å². The molecule has 4 atom stereocenters. The quantitative estimate of drug-likeness (QED) is 0.559. The maximum absolute atomic E-state index is 2.56. The van der Waals surface area contributed by atoms with Gasteiger partial charge in [0.25, 0.3) is 0 Å². The molecule has 0 heteroatoms. The standard InChI is InChI=1S/C15H22/c1-9(2)11-7-8-15(4)12-6-5-10(3)14(15)13(11)12/h5,7,9,12-14H,6,8H2,1-4H3. The van der Waals surface area contributed by atoms with Crippen LogP contribution in [0.5, 0.6) is 0 Å². The van der Waals surface area contributed by atoms with Gasteiger partial charge in [0.15, 0.2) is 0 Å². The minimum atomic E-state index is 0.627. The van der Waals surface area contributed by atoms with E-state index in [1.807, 2.05) is 0 Å². The Morgan fingerprint density at radius 2 is 2.07 bits per heavy atom. The first-order chi connectivity index (χ1) is 7.05. The van der Waals surface area contributed by atoms with Gasteiger partial charge in [-0.15, -0.1) is 0 Å². The smallest absolute Gasteiger partial charge is 0.00774 e. The van der Waals surface area contributed by atoms with Gasteiger partial charge in [-0.1, -0.05) is 44.1 Å². The van der Waals surface area contributed by atoms with E-state index in [0.717, 1.165) is 23.7 Å². The normalized spacial score (nSPS) is 47.1. The zero-order chi connectivity index (χ0) is 10.8. The molecule has 4 aliphatic rings. The summed E-state index contributed by atoms with van der Waals surface area (Å²) < 4.78 is 0. The van der Waals surface area contributed by atoms with Gasteiger partial charge in [0.05, 0.1) is 0 Å². The topological polar surface area (TPSA) is 0 Å². The van der Waals surface area contributed by atoms with Gasteiger partial charge in [-0.2, -0.15) is 0 Å². The number of hydrogen-bond acceptors (Lipinski definition) is 0. The molecule has 1 fully saturated rings. The minimum absolute atomic E-state index is 0.627. The number of fused-ring (bicyclic) bond motifs is 1. The largest absolute Gasteiger partial charge is 0.0850 e. The first-order valence-electron chi connectivity index (χ1n) is 6.42. The molecule has 0 spiro atoms. The average molecular weight is 202 g/mol. The summed E-state index contributed by atoms with van der Waals surface area (Å²) in [7, 11) is 0. The van der Waals surface area contributed by atoms with E-state index in [1.54, 1.807) is 11.1 Å². The predicted octanol–water partition coefficient (Wildman–Crippen LogP) is 4.19. The summed E-state index contributed by atoms with van der Waals surface area (Å²) in [6.07, 6.45) is 7.73. The second-order valence-corrected chi connectivity index (χ2v) is 6.36. The molecule has 0 nitrogen and oxygen atoms in total. The third kappa shape index (κ3) is 0.984. The molecule has 0 N–H and O–H groups in total. The van der Waals surface area contributed by atoms with Crippen LogP contribution in [0.4, 0.5) is 0 Å². The number of hydrogen-bond donors (Lipinski definition) is 0. The molecule has 0 aromatic heterocycles. The minimum Gasteiger partial charge on any atom is -0.0850 e. The lowest BCUT2D eigenvalue weighted by molar-refractivity contribution is -0.0930. The van der Waals surface area contributed by atoms with Crippen molar-refractivity contribution in [3.63, 3.8) is 0 Å².